The summed E-state index contributed by atoms with van der Waals surface area (Å²) < 4.78 is 0. The van der Waals surface area contributed by atoms with Crippen LogP contribution in [-0.4, -0.2) is 11.9 Å². The van der Waals surface area contributed by atoms with Crippen molar-refractivity contribution in [2.24, 2.45) is 5.92 Å². The number of amides is 1. The summed E-state index contributed by atoms with van der Waals surface area (Å²) >= 11 is 0. The minimum atomic E-state index is 0.278. The van der Waals surface area contributed by atoms with Gasteiger partial charge in [-0.1, -0.05) is 6.07 Å². The van der Waals surface area contributed by atoms with Crippen LogP contribution in [0.4, 0.5) is 11.4 Å². The number of nitrogens with zero attached hydrogens (tertiary/aromatic N) is 1. The number of carbonyl (C=O) groups excluding carboxylic acids is 1. The van der Waals surface area contributed by atoms with Gasteiger partial charge in [0, 0.05) is 23.3 Å². The zero-order chi connectivity index (χ0) is 9.71. The van der Waals surface area contributed by atoms with Crippen molar-refractivity contribution < 1.29 is 4.79 Å². The Labute approximate surface area is 82.5 Å². The number of nitrogen functional groups attached to an aromatic ring is 1. The lowest BCUT2D eigenvalue weighted by Crippen LogP contribution is -2.29. The van der Waals surface area contributed by atoms with Crippen LogP contribution in [-0.2, 0) is 4.79 Å². The van der Waals surface area contributed by atoms with Gasteiger partial charge in [0.05, 0.1) is 0 Å². The van der Waals surface area contributed by atoms with Crippen molar-refractivity contribution in [2.75, 3.05) is 10.6 Å². The monoisotopic (exact) mass is 188 g/mol. The van der Waals surface area contributed by atoms with E-state index in [0.29, 0.717) is 12.0 Å². The Morgan fingerprint density at radius 3 is 2.71 bits per heavy atom. The largest absolute Gasteiger partial charge is 0.399 e. The lowest BCUT2D eigenvalue weighted by molar-refractivity contribution is -0.119. The maximum absolute atomic E-state index is 11.7. The maximum Gasteiger partial charge on any atom is 0.230 e. The molecule has 0 atom stereocenters. The van der Waals surface area contributed by atoms with Crippen molar-refractivity contribution in [3.05, 3.63) is 24.3 Å². The van der Waals surface area contributed by atoms with Crippen LogP contribution in [0.25, 0.3) is 0 Å². The van der Waals surface area contributed by atoms with Crippen LogP contribution in [0.1, 0.15) is 12.8 Å². The molecule has 3 heteroatoms. The molecule has 2 aliphatic heterocycles. The molecule has 2 saturated heterocycles. The van der Waals surface area contributed by atoms with Crippen LogP contribution in [0.15, 0.2) is 24.3 Å². The van der Waals surface area contributed by atoms with Crippen LogP contribution in [0.5, 0.6) is 0 Å². The molecule has 1 aliphatic carbocycles. The average molecular weight is 188 g/mol. The second-order valence-corrected chi connectivity index (χ2v) is 4.13. The Morgan fingerprint density at radius 1 is 1.36 bits per heavy atom. The molecule has 4 rings (SSSR count). The van der Waals surface area contributed by atoms with Gasteiger partial charge in [0.15, 0.2) is 0 Å². The van der Waals surface area contributed by atoms with Gasteiger partial charge >= 0.3 is 0 Å². The molecule has 3 fully saturated rings. The Balaban J connectivity index is 1.99. The number of fused-ring (bicyclic) bond motifs is 1. The van der Waals surface area contributed by atoms with Crippen LogP contribution < -0.4 is 10.6 Å². The molecule has 0 radical (unpaired) electrons. The number of hydrogen-bond donors (Lipinski definition) is 1. The second kappa shape index (κ2) is 2.50. The van der Waals surface area contributed by atoms with Gasteiger partial charge in [-0.15, -0.1) is 0 Å². The van der Waals surface area contributed by atoms with E-state index in [1.807, 2.05) is 29.2 Å². The molecular weight excluding hydrogens is 176 g/mol. The van der Waals surface area contributed by atoms with E-state index in [-0.39, 0.29) is 5.91 Å². The zero-order valence-corrected chi connectivity index (χ0v) is 7.81. The van der Waals surface area contributed by atoms with E-state index in [2.05, 4.69) is 0 Å². The van der Waals surface area contributed by atoms with Gasteiger partial charge in [0.25, 0.3) is 0 Å². The first-order valence-corrected chi connectivity index (χ1v) is 4.94. The van der Waals surface area contributed by atoms with Crippen molar-refractivity contribution in [3.8, 4) is 0 Å². The molecular formula is C11H12N2O. The fourth-order valence-corrected chi connectivity index (χ4v) is 2.39. The minimum Gasteiger partial charge on any atom is -0.399 e. The summed E-state index contributed by atoms with van der Waals surface area (Å²) in [6, 6.07) is 8.00. The summed E-state index contributed by atoms with van der Waals surface area (Å²) in [4.78, 5) is 13.6. The lowest BCUT2D eigenvalue weighted by atomic mass is 9.86. The highest BCUT2D eigenvalue weighted by Crippen LogP contribution is 2.44. The topological polar surface area (TPSA) is 46.3 Å². The molecule has 3 nitrogen and oxygen atoms in total. The van der Waals surface area contributed by atoms with Crippen LogP contribution in [0.2, 0.25) is 0 Å². The summed E-state index contributed by atoms with van der Waals surface area (Å²) in [5.41, 5.74) is 7.37. The number of carbonyl (C=O) groups is 1. The third kappa shape index (κ3) is 0.895. The van der Waals surface area contributed by atoms with Crippen molar-refractivity contribution in [1.82, 2.24) is 0 Å². The van der Waals surface area contributed by atoms with Gasteiger partial charge < -0.3 is 10.6 Å². The summed E-state index contributed by atoms with van der Waals surface area (Å²) in [5, 5.41) is 0. The molecule has 0 aromatic heterocycles. The van der Waals surface area contributed by atoms with E-state index >= 15 is 0 Å². The number of rotatable bonds is 1. The fraction of sp³-hybridized carbons (Fsp3) is 0.364. The van der Waals surface area contributed by atoms with Gasteiger partial charge in [0.1, 0.15) is 0 Å². The molecule has 1 amide bonds. The van der Waals surface area contributed by atoms with Gasteiger partial charge in [-0.3, -0.25) is 4.79 Å². The van der Waals surface area contributed by atoms with E-state index < -0.39 is 0 Å². The van der Waals surface area contributed by atoms with E-state index in [1.54, 1.807) is 0 Å². The third-order valence-corrected chi connectivity index (χ3v) is 3.21. The molecule has 2 heterocycles. The predicted molar refractivity (Wildman–Crippen MR) is 54.9 cm³/mol. The van der Waals surface area contributed by atoms with Gasteiger partial charge in [0.2, 0.25) is 5.91 Å². The van der Waals surface area contributed by atoms with E-state index in [4.69, 9.17) is 5.73 Å². The smallest absolute Gasteiger partial charge is 0.230 e. The van der Waals surface area contributed by atoms with Crippen LogP contribution in [0.3, 0.4) is 0 Å². The second-order valence-electron chi connectivity index (χ2n) is 4.13. The van der Waals surface area contributed by atoms with Gasteiger partial charge in [-0.05, 0) is 31.0 Å². The van der Waals surface area contributed by atoms with Crippen molar-refractivity contribution in [2.45, 2.75) is 18.9 Å². The minimum absolute atomic E-state index is 0.278. The number of hydrogen-bond acceptors (Lipinski definition) is 2. The maximum atomic E-state index is 11.7. The first kappa shape index (κ1) is 7.85. The fourth-order valence-electron chi connectivity index (χ4n) is 2.39. The predicted octanol–water partition coefficient (Wildman–Crippen LogP) is 1.39. The standard InChI is InChI=1S/C11H12N2O/c12-8-2-1-3-9(6-8)13-10-4-7(5-10)11(13)14/h1-3,6-7,10H,4-5,12H2. The molecule has 3 aliphatic rings. The molecule has 0 unspecified atom stereocenters. The Hall–Kier alpha value is -1.51. The average Bonchev–Trinajstić information content (AvgIpc) is 2.55. The van der Waals surface area contributed by atoms with Crippen LogP contribution in [0, 0.1) is 5.92 Å². The highest BCUT2D eigenvalue weighted by Gasteiger charge is 2.50. The number of anilines is 2. The molecule has 2 N–H and O–H groups in total. The molecule has 2 bridgehead atoms. The SMILES string of the molecule is Nc1cccc(N2C(=O)C3CC2C3)c1. The first-order valence-electron chi connectivity index (χ1n) is 4.94. The van der Waals surface area contributed by atoms with Crippen molar-refractivity contribution in [1.29, 1.82) is 0 Å². The molecule has 14 heavy (non-hydrogen) atoms. The number of benzene rings is 1. The molecule has 1 aromatic carbocycles. The molecule has 72 valence electrons. The normalized spacial score (nSPS) is 29.1. The van der Waals surface area contributed by atoms with Crippen molar-refractivity contribution >= 4 is 17.3 Å². The summed E-state index contributed by atoms with van der Waals surface area (Å²) in [6.07, 6.45) is 2.07. The molecule has 1 saturated carbocycles. The lowest BCUT2D eigenvalue weighted by Gasteiger charge is -2.25. The third-order valence-electron chi connectivity index (χ3n) is 3.21. The first-order chi connectivity index (χ1) is 6.75. The van der Waals surface area contributed by atoms with Crippen molar-refractivity contribution in [3.63, 3.8) is 0 Å². The highest BCUT2D eigenvalue weighted by molar-refractivity contribution is 6.01. The van der Waals surface area contributed by atoms with E-state index in [1.165, 1.54) is 0 Å². The van der Waals surface area contributed by atoms with E-state index in [9.17, 15) is 4.79 Å². The number of nitrogens with two attached hydrogens (primary N) is 1. The quantitative estimate of drug-likeness (QED) is 0.677. The zero-order valence-electron chi connectivity index (χ0n) is 7.81. The van der Waals surface area contributed by atoms with E-state index in [0.717, 1.165) is 24.2 Å². The summed E-state index contributed by atoms with van der Waals surface area (Å²) in [6.45, 7) is 0. The Morgan fingerprint density at radius 2 is 2.14 bits per heavy atom. The summed E-state index contributed by atoms with van der Waals surface area (Å²) in [7, 11) is 0. The molecule has 0 spiro atoms. The Bertz CT molecular complexity index is 396. The summed E-state index contributed by atoms with van der Waals surface area (Å²) in [5.74, 6) is 0.571. The van der Waals surface area contributed by atoms with Crippen LogP contribution >= 0.6 is 0 Å². The Kier molecular flexibility index (Phi) is 1.40. The molecule has 1 aromatic rings. The van der Waals surface area contributed by atoms with Gasteiger partial charge in [-0.2, -0.15) is 0 Å². The van der Waals surface area contributed by atoms with Gasteiger partial charge in [-0.25, -0.2) is 0 Å². The highest BCUT2D eigenvalue weighted by atomic mass is 16.2.